The first-order valence-electron chi connectivity index (χ1n) is 7.22. The molecule has 22 heavy (non-hydrogen) atoms. The maximum Gasteiger partial charge on any atom is 0.337 e. The first-order chi connectivity index (χ1) is 10.6. The van der Waals surface area contributed by atoms with Crippen molar-refractivity contribution in [3.8, 4) is 6.07 Å². The lowest BCUT2D eigenvalue weighted by molar-refractivity contribution is -0.154. The van der Waals surface area contributed by atoms with Crippen LogP contribution < -0.4 is 0 Å². The minimum atomic E-state index is -0.635. The summed E-state index contributed by atoms with van der Waals surface area (Å²) in [5, 5.41) is 8.83. The van der Waals surface area contributed by atoms with Gasteiger partial charge in [0.1, 0.15) is 0 Å². The zero-order chi connectivity index (χ0) is 16.2. The van der Waals surface area contributed by atoms with Gasteiger partial charge in [-0.2, -0.15) is 5.26 Å². The lowest BCUT2D eigenvalue weighted by Crippen LogP contribution is -2.38. The molecule has 0 radical (unpaired) electrons. The summed E-state index contributed by atoms with van der Waals surface area (Å²) in [6, 6.07) is 7.51. The molecule has 0 aromatic heterocycles. The zero-order valence-corrected chi connectivity index (χ0v) is 12.8. The SMILES string of the molecule is COC(=O)c1ccc2c(c1)CCC(CCC#N)(C(=O)OC)C2. The Morgan fingerprint density at radius 2 is 2.05 bits per heavy atom. The normalized spacial score (nSPS) is 19.7. The number of rotatable bonds is 4. The largest absolute Gasteiger partial charge is 0.469 e. The minimum absolute atomic E-state index is 0.259. The number of carbonyl (C=O) groups excluding carboxylic acids is 2. The van der Waals surface area contributed by atoms with Crippen LogP contribution in [0.1, 0.15) is 40.7 Å². The second-order valence-electron chi connectivity index (χ2n) is 5.58. The van der Waals surface area contributed by atoms with Gasteiger partial charge >= 0.3 is 11.9 Å². The molecule has 5 nitrogen and oxygen atoms in total. The molecule has 1 aromatic rings. The van der Waals surface area contributed by atoms with Gasteiger partial charge in [0, 0.05) is 6.42 Å². The van der Waals surface area contributed by atoms with Gasteiger partial charge in [-0.05, 0) is 48.9 Å². The van der Waals surface area contributed by atoms with Gasteiger partial charge in [0.15, 0.2) is 0 Å². The van der Waals surface area contributed by atoms with Crippen molar-refractivity contribution in [3.63, 3.8) is 0 Å². The fourth-order valence-corrected chi connectivity index (χ4v) is 3.10. The fourth-order valence-electron chi connectivity index (χ4n) is 3.10. The van der Waals surface area contributed by atoms with Crippen LogP contribution in [0.4, 0.5) is 0 Å². The number of esters is 2. The Hall–Kier alpha value is -2.35. The highest BCUT2D eigenvalue weighted by atomic mass is 16.5. The smallest absolute Gasteiger partial charge is 0.337 e. The van der Waals surface area contributed by atoms with Crippen LogP contribution in [-0.2, 0) is 27.1 Å². The Morgan fingerprint density at radius 3 is 2.68 bits per heavy atom. The molecule has 0 heterocycles. The Balaban J connectivity index is 2.31. The highest BCUT2D eigenvalue weighted by molar-refractivity contribution is 5.89. The number of nitriles is 1. The predicted molar refractivity (Wildman–Crippen MR) is 79.1 cm³/mol. The van der Waals surface area contributed by atoms with Crippen LogP contribution in [0.3, 0.4) is 0 Å². The summed E-state index contributed by atoms with van der Waals surface area (Å²) in [6.45, 7) is 0. The van der Waals surface area contributed by atoms with Crippen molar-refractivity contribution < 1.29 is 19.1 Å². The van der Waals surface area contributed by atoms with E-state index in [1.54, 1.807) is 6.07 Å². The number of hydrogen-bond donors (Lipinski definition) is 0. The molecular formula is C17H19NO4. The number of methoxy groups -OCH3 is 2. The number of benzene rings is 1. The van der Waals surface area contributed by atoms with E-state index in [2.05, 4.69) is 6.07 Å². The van der Waals surface area contributed by atoms with Crippen LogP contribution >= 0.6 is 0 Å². The summed E-state index contributed by atoms with van der Waals surface area (Å²) in [4.78, 5) is 23.8. The van der Waals surface area contributed by atoms with E-state index in [1.807, 2.05) is 12.1 Å². The maximum atomic E-state index is 12.2. The topological polar surface area (TPSA) is 76.4 Å². The molecule has 0 fully saturated rings. The van der Waals surface area contributed by atoms with E-state index in [9.17, 15) is 9.59 Å². The lowest BCUT2D eigenvalue weighted by Gasteiger charge is -2.35. The molecule has 1 aliphatic rings. The van der Waals surface area contributed by atoms with E-state index in [-0.39, 0.29) is 11.9 Å². The van der Waals surface area contributed by atoms with Crippen molar-refractivity contribution in [2.45, 2.75) is 32.1 Å². The second-order valence-corrected chi connectivity index (χ2v) is 5.58. The van der Waals surface area contributed by atoms with Gasteiger partial charge in [-0.1, -0.05) is 6.07 Å². The molecule has 5 heteroatoms. The Morgan fingerprint density at radius 1 is 1.27 bits per heavy atom. The third-order valence-corrected chi connectivity index (χ3v) is 4.36. The summed E-state index contributed by atoms with van der Waals surface area (Å²) < 4.78 is 9.69. The number of aryl methyl sites for hydroxylation is 1. The van der Waals surface area contributed by atoms with E-state index < -0.39 is 5.41 Å². The molecule has 0 N–H and O–H groups in total. The van der Waals surface area contributed by atoms with Crippen molar-refractivity contribution >= 4 is 11.9 Å². The highest BCUT2D eigenvalue weighted by Crippen LogP contribution is 2.40. The molecule has 1 unspecified atom stereocenters. The molecule has 0 saturated carbocycles. The van der Waals surface area contributed by atoms with Crippen molar-refractivity contribution in [2.24, 2.45) is 5.41 Å². The predicted octanol–water partition coefficient (Wildman–Crippen LogP) is 2.43. The van der Waals surface area contributed by atoms with Gasteiger partial charge in [-0.25, -0.2) is 4.79 Å². The summed E-state index contributed by atoms with van der Waals surface area (Å²) in [6.07, 6.45) is 2.66. The van der Waals surface area contributed by atoms with Gasteiger partial charge in [-0.3, -0.25) is 4.79 Å². The molecule has 116 valence electrons. The monoisotopic (exact) mass is 301 g/mol. The molecule has 1 aromatic carbocycles. The van der Waals surface area contributed by atoms with Gasteiger partial charge in [0.25, 0.3) is 0 Å². The molecular weight excluding hydrogens is 282 g/mol. The molecule has 0 aliphatic heterocycles. The van der Waals surface area contributed by atoms with Gasteiger partial charge < -0.3 is 9.47 Å². The molecule has 0 spiro atoms. The van der Waals surface area contributed by atoms with Gasteiger partial charge in [-0.15, -0.1) is 0 Å². The van der Waals surface area contributed by atoms with Crippen LogP contribution in [0.25, 0.3) is 0 Å². The molecule has 1 aliphatic carbocycles. The van der Waals surface area contributed by atoms with Crippen molar-refractivity contribution in [3.05, 3.63) is 34.9 Å². The first kappa shape index (κ1) is 16.0. The standard InChI is InChI=1S/C17H19NO4/c1-21-15(19)13-4-5-14-11-17(7-3-9-18,16(20)22-2)8-6-12(14)10-13/h4-5,10H,3,6-8,11H2,1-2H3. The van der Waals surface area contributed by atoms with Crippen LogP contribution in [0, 0.1) is 16.7 Å². The van der Waals surface area contributed by atoms with Crippen molar-refractivity contribution in [1.82, 2.24) is 0 Å². The number of ether oxygens (including phenoxy) is 2. The highest BCUT2D eigenvalue weighted by Gasteiger charge is 2.42. The van der Waals surface area contributed by atoms with Crippen LogP contribution in [0.2, 0.25) is 0 Å². The van der Waals surface area contributed by atoms with Gasteiger partial charge in [0.05, 0.1) is 31.3 Å². The number of nitrogens with zero attached hydrogens (tertiary/aromatic N) is 1. The van der Waals surface area contributed by atoms with E-state index in [4.69, 9.17) is 14.7 Å². The van der Waals surface area contributed by atoms with Crippen LogP contribution in [0.15, 0.2) is 18.2 Å². The number of hydrogen-bond acceptors (Lipinski definition) is 5. The quantitative estimate of drug-likeness (QED) is 0.798. The fraction of sp³-hybridized carbons (Fsp3) is 0.471. The lowest BCUT2D eigenvalue weighted by atomic mass is 9.69. The summed E-state index contributed by atoms with van der Waals surface area (Å²) in [7, 11) is 2.73. The minimum Gasteiger partial charge on any atom is -0.469 e. The first-order valence-corrected chi connectivity index (χ1v) is 7.22. The third kappa shape index (κ3) is 2.96. The van der Waals surface area contributed by atoms with Crippen molar-refractivity contribution in [1.29, 1.82) is 5.26 Å². The van der Waals surface area contributed by atoms with E-state index in [0.29, 0.717) is 37.7 Å². The Bertz CT molecular complexity index is 632. The molecule has 2 rings (SSSR count). The average Bonchev–Trinajstić information content (AvgIpc) is 2.57. The van der Waals surface area contributed by atoms with Gasteiger partial charge in [0.2, 0.25) is 0 Å². The Kier molecular flexibility index (Phi) is 4.81. The second kappa shape index (κ2) is 6.61. The summed E-state index contributed by atoms with van der Waals surface area (Å²) in [5.74, 6) is -0.623. The molecule has 0 amide bonds. The van der Waals surface area contributed by atoms with Crippen LogP contribution in [-0.4, -0.2) is 26.2 Å². The third-order valence-electron chi connectivity index (χ3n) is 4.36. The van der Waals surface area contributed by atoms with E-state index in [1.165, 1.54) is 14.2 Å². The van der Waals surface area contributed by atoms with Crippen LogP contribution in [0.5, 0.6) is 0 Å². The number of fused-ring (bicyclic) bond motifs is 1. The maximum absolute atomic E-state index is 12.2. The summed E-state index contributed by atoms with van der Waals surface area (Å²) in [5.41, 5.74) is 1.97. The molecule has 0 bridgehead atoms. The summed E-state index contributed by atoms with van der Waals surface area (Å²) >= 11 is 0. The number of carbonyl (C=O) groups is 2. The average molecular weight is 301 g/mol. The van der Waals surface area contributed by atoms with E-state index in [0.717, 1.165) is 11.1 Å². The van der Waals surface area contributed by atoms with Crippen molar-refractivity contribution in [2.75, 3.05) is 14.2 Å². The molecule has 0 saturated heterocycles. The zero-order valence-electron chi connectivity index (χ0n) is 12.8. The van der Waals surface area contributed by atoms with E-state index >= 15 is 0 Å². The Labute approximate surface area is 129 Å². The molecule has 1 atom stereocenters.